The highest BCUT2D eigenvalue weighted by Crippen LogP contribution is 2.33. The summed E-state index contributed by atoms with van der Waals surface area (Å²) in [5.41, 5.74) is 0.887. The van der Waals surface area contributed by atoms with Gasteiger partial charge in [-0.05, 0) is 19.1 Å². The molecule has 0 unspecified atom stereocenters. The molecule has 0 saturated heterocycles. The SMILES string of the molecule is COc1cc(Br)cc(OC)c1C[C@H](C)O. The molecule has 1 aromatic carbocycles. The van der Waals surface area contributed by atoms with Crippen LogP contribution in [0.25, 0.3) is 0 Å². The van der Waals surface area contributed by atoms with Crippen molar-refractivity contribution in [3.63, 3.8) is 0 Å². The molecule has 4 heteroatoms. The van der Waals surface area contributed by atoms with Crippen LogP contribution in [0.1, 0.15) is 12.5 Å². The van der Waals surface area contributed by atoms with E-state index in [1.54, 1.807) is 21.1 Å². The van der Waals surface area contributed by atoms with Crippen molar-refractivity contribution in [3.05, 3.63) is 22.2 Å². The molecule has 0 heterocycles. The molecule has 1 rings (SSSR count). The number of methoxy groups -OCH3 is 2. The summed E-state index contributed by atoms with van der Waals surface area (Å²) in [6.45, 7) is 1.74. The van der Waals surface area contributed by atoms with E-state index in [-0.39, 0.29) is 0 Å². The van der Waals surface area contributed by atoms with Gasteiger partial charge in [-0.3, -0.25) is 0 Å². The molecule has 1 aromatic rings. The Labute approximate surface area is 98.1 Å². The van der Waals surface area contributed by atoms with Crippen molar-refractivity contribution in [2.45, 2.75) is 19.4 Å². The summed E-state index contributed by atoms with van der Waals surface area (Å²) < 4.78 is 11.4. The Morgan fingerprint density at radius 1 is 1.27 bits per heavy atom. The van der Waals surface area contributed by atoms with Gasteiger partial charge >= 0.3 is 0 Å². The predicted octanol–water partition coefficient (Wildman–Crippen LogP) is 2.39. The lowest BCUT2D eigenvalue weighted by molar-refractivity contribution is 0.192. The quantitative estimate of drug-likeness (QED) is 0.917. The van der Waals surface area contributed by atoms with Gasteiger partial charge in [0.1, 0.15) is 11.5 Å². The van der Waals surface area contributed by atoms with E-state index >= 15 is 0 Å². The maximum absolute atomic E-state index is 9.39. The normalized spacial score (nSPS) is 12.3. The number of rotatable bonds is 4. The van der Waals surface area contributed by atoms with E-state index in [2.05, 4.69) is 15.9 Å². The standard InChI is InChI=1S/C11H15BrO3/c1-7(13)4-9-10(14-2)5-8(12)6-11(9)15-3/h5-7,13H,4H2,1-3H3/t7-/m0/s1. The molecular formula is C11H15BrO3. The summed E-state index contributed by atoms with van der Waals surface area (Å²) >= 11 is 3.37. The monoisotopic (exact) mass is 274 g/mol. The number of aliphatic hydroxyl groups excluding tert-OH is 1. The first-order valence-corrected chi connectivity index (χ1v) is 5.46. The smallest absolute Gasteiger partial charge is 0.126 e. The number of ether oxygens (including phenoxy) is 2. The summed E-state index contributed by atoms with van der Waals surface area (Å²) in [6.07, 6.45) is 0.0913. The van der Waals surface area contributed by atoms with Crippen LogP contribution in [0.4, 0.5) is 0 Å². The fourth-order valence-corrected chi connectivity index (χ4v) is 1.86. The molecule has 0 aliphatic rings. The third-order valence-electron chi connectivity index (χ3n) is 2.07. The number of hydrogen-bond donors (Lipinski definition) is 1. The second-order valence-corrected chi connectivity index (χ2v) is 4.26. The maximum atomic E-state index is 9.39. The van der Waals surface area contributed by atoms with Crippen LogP contribution in [-0.2, 0) is 6.42 Å². The molecule has 3 nitrogen and oxygen atoms in total. The molecular weight excluding hydrogens is 260 g/mol. The first kappa shape index (κ1) is 12.3. The number of aliphatic hydroxyl groups is 1. The second kappa shape index (κ2) is 5.37. The molecule has 84 valence electrons. The third-order valence-corrected chi connectivity index (χ3v) is 2.53. The summed E-state index contributed by atoms with van der Waals surface area (Å²) in [6, 6.07) is 3.72. The molecule has 0 fully saturated rings. The molecule has 0 bridgehead atoms. The number of halogens is 1. The molecule has 1 atom stereocenters. The Balaban J connectivity index is 3.18. The Morgan fingerprint density at radius 3 is 2.07 bits per heavy atom. The summed E-state index contributed by atoms with van der Waals surface area (Å²) in [4.78, 5) is 0. The van der Waals surface area contributed by atoms with Crippen molar-refractivity contribution in [2.75, 3.05) is 14.2 Å². The van der Waals surface area contributed by atoms with Crippen molar-refractivity contribution >= 4 is 15.9 Å². The molecule has 0 aromatic heterocycles. The molecule has 0 saturated carbocycles. The average Bonchev–Trinajstić information content (AvgIpc) is 2.19. The second-order valence-electron chi connectivity index (χ2n) is 3.34. The van der Waals surface area contributed by atoms with Crippen LogP contribution in [0.3, 0.4) is 0 Å². The lowest BCUT2D eigenvalue weighted by Gasteiger charge is -2.14. The molecule has 1 N–H and O–H groups in total. The van der Waals surface area contributed by atoms with Gasteiger partial charge in [0.15, 0.2) is 0 Å². The Kier molecular flexibility index (Phi) is 4.42. The zero-order valence-electron chi connectivity index (χ0n) is 9.08. The summed E-state index contributed by atoms with van der Waals surface area (Å²) in [5, 5.41) is 9.39. The Hall–Kier alpha value is -0.740. The van der Waals surface area contributed by atoms with Crippen LogP contribution in [0.5, 0.6) is 11.5 Å². The molecule has 15 heavy (non-hydrogen) atoms. The van der Waals surface area contributed by atoms with E-state index in [1.807, 2.05) is 12.1 Å². The highest BCUT2D eigenvalue weighted by Gasteiger charge is 2.13. The Morgan fingerprint density at radius 2 is 1.73 bits per heavy atom. The van der Waals surface area contributed by atoms with Crippen molar-refractivity contribution in [2.24, 2.45) is 0 Å². The van der Waals surface area contributed by atoms with Crippen molar-refractivity contribution in [1.29, 1.82) is 0 Å². The lowest BCUT2D eigenvalue weighted by atomic mass is 10.1. The third kappa shape index (κ3) is 3.11. The van der Waals surface area contributed by atoms with Crippen LogP contribution >= 0.6 is 15.9 Å². The zero-order chi connectivity index (χ0) is 11.4. The minimum absolute atomic E-state index is 0.422. The highest BCUT2D eigenvalue weighted by molar-refractivity contribution is 9.10. The van der Waals surface area contributed by atoms with Crippen LogP contribution < -0.4 is 9.47 Å². The van der Waals surface area contributed by atoms with Gasteiger partial charge in [-0.25, -0.2) is 0 Å². The first-order chi connectivity index (χ1) is 7.08. The van der Waals surface area contributed by atoms with Gasteiger partial charge in [0.25, 0.3) is 0 Å². The average molecular weight is 275 g/mol. The van der Waals surface area contributed by atoms with Crippen LogP contribution in [0.2, 0.25) is 0 Å². The lowest BCUT2D eigenvalue weighted by Crippen LogP contribution is -2.07. The van der Waals surface area contributed by atoms with Crippen LogP contribution in [-0.4, -0.2) is 25.4 Å². The number of hydrogen-bond acceptors (Lipinski definition) is 3. The topological polar surface area (TPSA) is 38.7 Å². The largest absolute Gasteiger partial charge is 0.496 e. The molecule has 0 aliphatic heterocycles. The van der Waals surface area contributed by atoms with E-state index in [0.717, 1.165) is 21.5 Å². The van der Waals surface area contributed by atoms with Gasteiger partial charge in [-0.2, -0.15) is 0 Å². The van der Waals surface area contributed by atoms with Crippen molar-refractivity contribution in [1.82, 2.24) is 0 Å². The van der Waals surface area contributed by atoms with Gasteiger partial charge < -0.3 is 14.6 Å². The van der Waals surface area contributed by atoms with E-state index in [1.165, 1.54) is 0 Å². The highest BCUT2D eigenvalue weighted by atomic mass is 79.9. The van der Waals surface area contributed by atoms with Crippen LogP contribution in [0, 0.1) is 0 Å². The van der Waals surface area contributed by atoms with E-state index in [4.69, 9.17) is 9.47 Å². The van der Waals surface area contributed by atoms with E-state index < -0.39 is 6.10 Å². The fourth-order valence-electron chi connectivity index (χ4n) is 1.45. The number of benzene rings is 1. The predicted molar refractivity (Wildman–Crippen MR) is 62.6 cm³/mol. The fraction of sp³-hybridized carbons (Fsp3) is 0.455. The van der Waals surface area contributed by atoms with Crippen molar-refractivity contribution in [3.8, 4) is 11.5 Å². The molecule has 0 spiro atoms. The van der Waals surface area contributed by atoms with Gasteiger partial charge in [-0.1, -0.05) is 15.9 Å². The minimum Gasteiger partial charge on any atom is -0.496 e. The maximum Gasteiger partial charge on any atom is 0.126 e. The van der Waals surface area contributed by atoms with Gasteiger partial charge in [0.2, 0.25) is 0 Å². The van der Waals surface area contributed by atoms with Crippen LogP contribution in [0.15, 0.2) is 16.6 Å². The Bertz CT molecular complexity index is 312. The van der Waals surface area contributed by atoms with E-state index in [0.29, 0.717) is 6.42 Å². The van der Waals surface area contributed by atoms with Gasteiger partial charge in [-0.15, -0.1) is 0 Å². The molecule has 0 amide bonds. The minimum atomic E-state index is -0.422. The molecule has 0 radical (unpaired) electrons. The summed E-state index contributed by atoms with van der Waals surface area (Å²) in [7, 11) is 3.21. The van der Waals surface area contributed by atoms with E-state index in [9.17, 15) is 5.11 Å². The first-order valence-electron chi connectivity index (χ1n) is 4.67. The zero-order valence-corrected chi connectivity index (χ0v) is 10.7. The van der Waals surface area contributed by atoms with Gasteiger partial charge in [0.05, 0.1) is 20.3 Å². The van der Waals surface area contributed by atoms with Gasteiger partial charge in [0, 0.05) is 16.5 Å². The van der Waals surface area contributed by atoms with Crippen molar-refractivity contribution < 1.29 is 14.6 Å². The molecule has 0 aliphatic carbocycles. The summed E-state index contributed by atoms with van der Waals surface area (Å²) in [5.74, 6) is 1.45.